The summed E-state index contributed by atoms with van der Waals surface area (Å²) in [4.78, 5) is 18.7. The van der Waals surface area contributed by atoms with Gasteiger partial charge in [0.2, 0.25) is 5.56 Å². The number of rotatable bonds is 4. The van der Waals surface area contributed by atoms with Gasteiger partial charge >= 0.3 is 0 Å². The zero-order chi connectivity index (χ0) is 14.7. The molecule has 3 aromatic rings. The summed E-state index contributed by atoms with van der Waals surface area (Å²) in [6, 6.07) is 13.6. The maximum Gasteiger partial charge on any atom is 0.248 e. The lowest BCUT2D eigenvalue weighted by atomic mass is 10.1. The standard InChI is InChI=1S/C16H16N4O/c1-11-9-13(10-15(21)17-11)16-18-14(19-20-16)8-7-12-5-3-2-4-6-12/h2-6,9-10H,7-8H2,1H3,(H,17,21)(H,18,19,20). The highest BCUT2D eigenvalue weighted by molar-refractivity contribution is 5.54. The van der Waals surface area contributed by atoms with E-state index in [-0.39, 0.29) is 5.56 Å². The molecule has 106 valence electrons. The molecule has 0 fully saturated rings. The van der Waals surface area contributed by atoms with Crippen molar-refractivity contribution in [2.24, 2.45) is 0 Å². The highest BCUT2D eigenvalue weighted by Gasteiger charge is 2.07. The van der Waals surface area contributed by atoms with E-state index < -0.39 is 0 Å². The van der Waals surface area contributed by atoms with Crippen LogP contribution in [0.4, 0.5) is 0 Å². The molecular formula is C16H16N4O. The highest BCUT2D eigenvalue weighted by atomic mass is 16.1. The zero-order valence-corrected chi connectivity index (χ0v) is 11.8. The Kier molecular flexibility index (Phi) is 3.64. The van der Waals surface area contributed by atoms with Crippen LogP contribution in [0.2, 0.25) is 0 Å². The fraction of sp³-hybridized carbons (Fsp3) is 0.188. The monoisotopic (exact) mass is 280 g/mol. The van der Waals surface area contributed by atoms with E-state index in [2.05, 4.69) is 32.3 Å². The normalized spacial score (nSPS) is 10.7. The van der Waals surface area contributed by atoms with Gasteiger partial charge in [0.25, 0.3) is 0 Å². The van der Waals surface area contributed by atoms with Gasteiger partial charge in [-0.2, -0.15) is 5.10 Å². The van der Waals surface area contributed by atoms with Crippen molar-refractivity contribution in [2.75, 3.05) is 0 Å². The van der Waals surface area contributed by atoms with E-state index in [9.17, 15) is 4.79 Å². The molecular weight excluding hydrogens is 264 g/mol. The van der Waals surface area contributed by atoms with Gasteiger partial charge in [0.1, 0.15) is 5.82 Å². The molecule has 3 rings (SSSR count). The van der Waals surface area contributed by atoms with Gasteiger partial charge in [-0.05, 0) is 25.0 Å². The van der Waals surface area contributed by atoms with E-state index in [0.717, 1.165) is 29.9 Å². The van der Waals surface area contributed by atoms with Crippen LogP contribution in [-0.2, 0) is 12.8 Å². The van der Waals surface area contributed by atoms with Gasteiger partial charge in [0.15, 0.2) is 5.82 Å². The number of pyridine rings is 1. The SMILES string of the molecule is Cc1cc(-c2n[nH]c(CCc3ccccc3)n2)cc(=O)[nH]1. The third kappa shape index (κ3) is 3.25. The largest absolute Gasteiger partial charge is 0.326 e. The Morgan fingerprint density at radius 3 is 2.67 bits per heavy atom. The number of H-pyrrole nitrogens is 2. The maximum absolute atomic E-state index is 11.5. The predicted octanol–water partition coefficient (Wildman–Crippen LogP) is 2.25. The molecule has 0 unspecified atom stereocenters. The van der Waals surface area contributed by atoms with Gasteiger partial charge < -0.3 is 4.98 Å². The number of nitrogens with one attached hydrogen (secondary N) is 2. The van der Waals surface area contributed by atoms with Crippen molar-refractivity contribution in [2.45, 2.75) is 19.8 Å². The fourth-order valence-corrected chi connectivity index (χ4v) is 2.26. The molecule has 5 heteroatoms. The summed E-state index contributed by atoms with van der Waals surface area (Å²) in [5.74, 6) is 1.39. The van der Waals surface area contributed by atoms with Crippen LogP contribution in [0.25, 0.3) is 11.4 Å². The number of hydrogen-bond acceptors (Lipinski definition) is 3. The lowest BCUT2D eigenvalue weighted by Gasteiger charge is -1.98. The van der Waals surface area contributed by atoms with Gasteiger partial charge in [0, 0.05) is 23.7 Å². The lowest BCUT2D eigenvalue weighted by molar-refractivity contribution is 0.865. The van der Waals surface area contributed by atoms with Crippen molar-refractivity contribution in [1.29, 1.82) is 0 Å². The van der Waals surface area contributed by atoms with Crippen LogP contribution in [0.15, 0.2) is 47.3 Å². The van der Waals surface area contributed by atoms with E-state index in [0.29, 0.717) is 5.82 Å². The second-order valence-corrected chi connectivity index (χ2v) is 5.01. The Bertz CT molecular complexity index is 789. The van der Waals surface area contributed by atoms with E-state index in [1.165, 1.54) is 11.6 Å². The van der Waals surface area contributed by atoms with Gasteiger partial charge in [-0.3, -0.25) is 9.89 Å². The topological polar surface area (TPSA) is 74.4 Å². The van der Waals surface area contributed by atoms with Crippen molar-refractivity contribution in [3.05, 3.63) is 69.9 Å². The van der Waals surface area contributed by atoms with Crippen LogP contribution in [0.3, 0.4) is 0 Å². The smallest absolute Gasteiger partial charge is 0.248 e. The van der Waals surface area contributed by atoms with E-state index in [1.807, 2.05) is 31.2 Å². The number of aromatic nitrogens is 4. The number of aromatic amines is 2. The Hall–Kier alpha value is -2.69. The summed E-state index contributed by atoms with van der Waals surface area (Å²) in [6.07, 6.45) is 1.70. The number of hydrogen-bond donors (Lipinski definition) is 2. The van der Waals surface area contributed by atoms with Crippen LogP contribution >= 0.6 is 0 Å². The summed E-state index contributed by atoms with van der Waals surface area (Å²) >= 11 is 0. The molecule has 5 nitrogen and oxygen atoms in total. The molecule has 0 aliphatic heterocycles. The van der Waals surface area contributed by atoms with Crippen molar-refractivity contribution < 1.29 is 0 Å². The first-order chi connectivity index (χ1) is 10.2. The Morgan fingerprint density at radius 2 is 1.90 bits per heavy atom. The Morgan fingerprint density at radius 1 is 1.10 bits per heavy atom. The summed E-state index contributed by atoms with van der Waals surface area (Å²) < 4.78 is 0. The van der Waals surface area contributed by atoms with Crippen LogP contribution in [-0.4, -0.2) is 20.2 Å². The fourth-order valence-electron chi connectivity index (χ4n) is 2.26. The molecule has 0 aliphatic rings. The van der Waals surface area contributed by atoms with Crippen molar-refractivity contribution in [3.8, 4) is 11.4 Å². The van der Waals surface area contributed by atoms with Crippen LogP contribution < -0.4 is 5.56 Å². The van der Waals surface area contributed by atoms with Crippen LogP contribution in [0.1, 0.15) is 17.1 Å². The molecule has 0 aliphatic carbocycles. The lowest BCUT2D eigenvalue weighted by Crippen LogP contribution is -2.05. The Balaban J connectivity index is 1.75. The summed E-state index contributed by atoms with van der Waals surface area (Å²) in [5.41, 5.74) is 2.66. The molecule has 21 heavy (non-hydrogen) atoms. The molecule has 2 N–H and O–H groups in total. The molecule has 2 aromatic heterocycles. The molecule has 0 saturated carbocycles. The average molecular weight is 280 g/mol. The minimum Gasteiger partial charge on any atom is -0.326 e. The van der Waals surface area contributed by atoms with Gasteiger partial charge in [-0.15, -0.1) is 0 Å². The third-order valence-electron chi connectivity index (χ3n) is 3.26. The minimum atomic E-state index is -0.138. The van der Waals surface area contributed by atoms with Gasteiger partial charge in [-0.1, -0.05) is 30.3 Å². The van der Waals surface area contributed by atoms with E-state index in [1.54, 1.807) is 0 Å². The van der Waals surface area contributed by atoms with Crippen LogP contribution in [0, 0.1) is 6.92 Å². The number of aryl methyl sites for hydroxylation is 3. The quantitative estimate of drug-likeness (QED) is 0.769. The number of benzene rings is 1. The molecule has 0 spiro atoms. The second kappa shape index (κ2) is 5.75. The van der Waals surface area contributed by atoms with Crippen LogP contribution in [0.5, 0.6) is 0 Å². The van der Waals surface area contributed by atoms with E-state index >= 15 is 0 Å². The van der Waals surface area contributed by atoms with Crippen molar-refractivity contribution >= 4 is 0 Å². The van der Waals surface area contributed by atoms with Gasteiger partial charge in [-0.25, -0.2) is 4.98 Å². The maximum atomic E-state index is 11.5. The predicted molar refractivity (Wildman–Crippen MR) is 81.0 cm³/mol. The zero-order valence-electron chi connectivity index (χ0n) is 11.8. The first-order valence-electron chi connectivity index (χ1n) is 6.87. The molecule has 1 aromatic carbocycles. The first kappa shape index (κ1) is 13.3. The molecule has 0 atom stereocenters. The summed E-state index contributed by atoms with van der Waals surface area (Å²) in [5, 5.41) is 7.13. The molecule has 0 radical (unpaired) electrons. The molecule has 0 amide bonds. The summed E-state index contributed by atoms with van der Waals surface area (Å²) in [6.45, 7) is 1.84. The molecule has 0 saturated heterocycles. The Labute approximate surface area is 122 Å². The number of nitrogens with zero attached hydrogens (tertiary/aromatic N) is 2. The molecule has 0 bridgehead atoms. The first-order valence-corrected chi connectivity index (χ1v) is 6.87. The third-order valence-corrected chi connectivity index (χ3v) is 3.26. The van der Waals surface area contributed by atoms with Gasteiger partial charge in [0.05, 0.1) is 0 Å². The minimum absolute atomic E-state index is 0.138. The van der Waals surface area contributed by atoms with E-state index in [4.69, 9.17) is 0 Å². The second-order valence-electron chi connectivity index (χ2n) is 5.01. The average Bonchev–Trinajstić information content (AvgIpc) is 2.94. The molecule has 2 heterocycles. The van der Waals surface area contributed by atoms with Crippen molar-refractivity contribution in [3.63, 3.8) is 0 Å². The highest BCUT2D eigenvalue weighted by Crippen LogP contribution is 2.13. The summed E-state index contributed by atoms with van der Waals surface area (Å²) in [7, 11) is 0. The van der Waals surface area contributed by atoms with Crippen molar-refractivity contribution in [1.82, 2.24) is 20.2 Å².